The van der Waals surface area contributed by atoms with Gasteiger partial charge in [0, 0.05) is 13.1 Å². The van der Waals surface area contributed by atoms with Gasteiger partial charge in [0.15, 0.2) is 0 Å². The Morgan fingerprint density at radius 1 is 1.35 bits per heavy atom. The first-order valence-corrected chi connectivity index (χ1v) is 7.51. The van der Waals surface area contributed by atoms with Gasteiger partial charge in [0.25, 0.3) is 0 Å². The molecule has 17 heavy (non-hydrogen) atoms. The second-order valence-corrected chi connectivity index (χ2v) is 6.29. The van der Waals surface area contributed by atoms with E-state index in [0.717, 1.165) is 6.42 Å². The molecule has 1 unspecified atom stereocenters. The van der Waals surface area contributed by atoms with Crippen LogP contribution in [0.4, 0.5) is 0 Å². The van der Waals surface area contributed by atoms with Gasteiger partial charge < -0.3 is 4.74 Å². The maximum absolute atomic E-state index is 11.5. The Hall–Kier alpha value is -0.910. The SMILES string of the molecule is CS(=O)(=O)N1CCOC(Cc2ccccc2)C1. The van der Waals surface area contributed by atoms with Gasteiger partial charge in [-0.05, 0) is 12.0 Å². The van der Waals surface area contributed by atoms with E-state index < -0.39 is 10.0 Å². The first kappa shape index (κ1) is 12.5. The van der Waals surface area contributed by atoms with Crippen molar-refractivity contribution in [3.8, 4) is 0 Å². The van der Waals surface area contributed by atoms with E-state index in [0.29, 0.717) is 19.7 Å². The third-order valence-corrected chi connectivity index (χ3v) is 4.15. The van der Waals surface area contributed by atoms with Gasteiger partial charge in [-0.25, -0.2) is 8.42 Å². The molecule has 0 aliphatic carbocycles. The van der Waals surface area contributed by atoms with E-state index in [1.165, 1.54) is 16.1 Å². The molecular formula is C12H17NO3S. The van der Waals surface area contributed by atoms with Crippen LogP contribution in [0.1, 0.15) is 5.56 Å². The summed E-state index contributed by atoms with van der Waals surface area (Å²) < 4.78 is 30.0. The molecule has 1 atom stereocenters. The summed E-state index contributed by atoms with van der Waals surface area (Å²) in [5.41, 5.74) is 1.17. The summed E-state index contributed by atoms with van der Waals surface area (Å²) in [5, 5.41) is 0. The number of benzene rings is 1. The zero-order chi connectivity index (χ0) is 12.3. The van der Waals surface area contributed by atoms with E-state index in [9.17, 15) is 8.42 Å². The number of nitrogens with zero attached hydrogens (tertiary/aromatic N) is 1. The quantitative estimate of drug-likeness (QED) is 0.806. The number of hydrogen-bond acceptors (Lipinski definition) is 3. The molecule has 2 rings (SSSR count). The summed E-state index contributed by atoms with van der Waals surface area (Å²) in [5.74, 6) is 0. The van der Waals surface area contributed by atoms with Crippen molar-refractivity contribution in [2.24, 2.45) is 0 Å². The van der Waals surface area contributed by atoms with Gasteiger partial charge in [-0.1, -0.05) is 30.3 Å². The molecule has 0 radical (unpaired) electrons. The van der Waals surface area contributed by atoms with E-state index in [1.807, 2.05) is 30.3 Å². The number of ether oxygens (including phenoxy) is 1. The highest BCUT2D eigenvalue weighted by Crippen LogP contribution is 2.13. The molecule has 0 spiro atoms. The molecule has 1 aliphatic rings. The molecule has 1 aromatic rings. The number of sulfonamides is 1. The molecule has 0 aromatic heterocycles. The Kier molecular flexibility index (Phi) is 3.81. The van der Waals surface area contributed by atoms with Crippen molar-refractivity contribution in [2.75, 3.05) is 26.0 Å². The zero-order valence-electron chi connectivity index (χ0n) is 9.87. The molecule has 1 aliphatic heterocycles. The molecule has 1 fully saturated rings. The summed E-state index contributed by atoms with van der Waals surface area (Å²) in [7, 11) is -3.10. The van der Waals surface area contributed by atoms with Crippen molar-refractivity contribution in [3.05, 3.63) is 35.9 Å². The van der Waals surface area contributed by atoms with E-state index in [1.54, 1.807) is 0 Å². The van der Waals surface area contributed by atoms with Gasteiger partial charge in [-0.2, -0.15) is 4.31 Å². The first-order chi connectivity index (χ1) is 8.05. The zero-order valence-corrected chi connectivity index (χ0v) is 10.7. The molecule has 1 aromatic carbocycles. The van der Waals surface area contributed by atoms with E-state index in [-0.39, 0.29) is 6.10 Å². The molecule has 4 nitrogen and oxygen atoms in total. The highest BCUT2D eigenvalue weighted by atomic mass is 32.2. The number of rotatable bonds is 3. The lowest BCUT2D eigenvalue weighted by atomic mass is 10.1. The molecule has 5 heteroatoms. The maximum atomic E-state index is 11.5. The Bertz CT molecular complexity index is 458. The molecule has 0 saturated carbocycles. The van der Waals surface area contributed by atoms with Crippen LogP contribution in [0.5, 0.6) is 0 Å². The number of hydrogen-bond donors (Lipinski definition) is 0. The van der Waals surface area contributed by atoms with Gasteiger partial charge in [-0.3, -0.25) is 0 Å². The monoisotopic (exact) mass is 255 g/mol. The summed E-state index contributed by atoms with van der Waals surface area (Å²) in [4.78, 5) is 0. The van der Waals surface area contributed by atoms with Crippen LogP contribution in [0.2, 0.25) is 0 Å². The summed E-state index contributed by atoms with van der Waals surface area (Å²) in [6.07, 6.45) is 1.96. The molecule has 0 N–H and O–H groups in total. The van der Waals surface area contributed by atoms with Gasteiger partial charge in [0.05, 0.1) is 19.0 Å². The lowest BCUT2D eigenvalue weighted by Crippen LogP contribution is -2.45. The fourth-order valence-electron chi connectivity index (χ4n) is 1.99. The summed E-state index contributed by atoms with van der Waals surface area (Å²) in [6, 6.07) is 9.98. The fraction of sp³-hybridized carbons (Fsp3) is 0.500. The molecular weight excluding hydrogens is 238 g/mol. The van der Waals surface area contributed by atoms with Gasteiger partial charge >= 0.3 is 0 Å². The second-order valence-electron chi connectivity index (χ2n) is 4.30. The smallest absolute Gasteiger partial charge is 0.211 e. The standard InChI is InChI=1S/C12H17NO3S/c1-17(14,15)13-7-8-16-12(10-13)9-11-5-3-2-4-6-11/h2-6,12H,7-10H2,1H3. The topological polar surface area (TPSA) is 46.6 Å². The minimum Gasteiger partial charge on any atom is -0.375 e. The highest BCUT2D eigenvalue weighted by molar-refractivity contribution is 7.88. The van der Waals surface area contributed by atoms with Gasteiger partial charge in [0.1, 0.15) is 0 Å². The Morgan fingerprint density at radius 2 is 2.06 bits per heavy atom. The van der Waals surface area contributed by atoms with Crippen molar-refractivity contribution in [1.82, 2.24) is 4.31 Å². The van der Waals surface area contributed by atoms with Gasteiger partial charge in [-0.15, -0.1) is 0 Å². The van der Waals surface area contributed by atoms with Crippen molar-refractivity contribution < 1.29 is 13.2 Å². The van der Waals surface area contributed by atoms with Crippen LogP contribution in [-0.4, -0.2) is 44.8 Å². The minimum absolute atomic E-state index is 0.0409. The second kappa shape index (κ2) is 5.16. The lowest BCUT2D eigenvalue weighted by molar-refractivity contribution is -0.000286. The third-order valence-electron chi connectivity index (χ3n) is 2.88. The normalized spacial score (nSPS) is 22.5. The summed E-state index contributed by atoms with van der Waals surface area (Å²) in [6.45, 7) is 1.39. The van der Waals surface area contributed by atoms with Crippen LogP contribution in [-0.2, 0) is 21.2 Å². The van der Waals surface area contributed by atoms with Crippen molar-refractivity contribution in [1.29, 1.82) is 0 Å². The molecule has 0 amide bonds. The average Bonchev–Trinajstić information content (AvgIpc) is 2.29. The van der Waals surface area contributed by atoms with Gasteiger partial charge in [0.2, 0.25) is 10.0 Å². The maximum Gasteiger partial charge on any atom is 0.211 e. The van der Waals surface area contributed by atoms with E-state index in [4.69, 9.17) is 4.74 Å². The van der Waals surface area contributed by atoms with E-state index in [2.05, 4.69) is 0 Å². The van der Waals surface area contributed by atoms with Crippen LogP contribution < -0.4 is 0 Å². The minimum atomic E-state index is -3.10. The molecule has 94 valence electrons. The van der Waals surface area contributed by atoms with Crippen molar-refractivity contribution in [3.63, 3.8) is 0 Å². The van der Waals surface area contributed by atoms with Crippen LogP contribution in [0.25, 0.3) is 0 Å². The average molecular weight is 255 g/mol. The summed E-state index contributed by atoms with van der Waals surface area (Å²) >= 11 is 0. The molecule has 1 saturated heterocycles. The predicted molar refractivity (Wildman–Crippen MR) is 66.3 cm³/mol. The van der Waals surface area contributed by atoms with Crippen LogP contribution >= 0.6 is 0 Å². The third kappa shape index (κ3) is 3.52. The van der Waals surface area contributed by atoms with Crippen LogP contribution in [0.3, 0.4) is 0 Å². The van der Waals surface area contributed by atoms with Crippen molar-refractivity contribution in [2.45, 2.75) is 12.5 Å². The number of morpholine rings is 1. The van der Waals surface area contributed by atoms with Crippen LogP contribution in [0.15, 0.2) is 30.3 Å². The fourth-order valence-corrected chi connectivity index (χ4v) is 2.84. The Balaban J connectivity index is 1.99. The molecule has 1 heterocycles. The Morgan fingerprint density at radius 3 is 2.71 bits per heavy atom. The molecule has 0 bridgehead atoms. The van der Waals surface area contributed by atoms with Crippen LogP contribution in [0, 0.1) is 0 Å². The Labute approximate surface area is 102 Å². The lowest BCUT2D eigenvalue weighted by Gasteiger charge is -2.31. The van der Waals surface area contributed by atoms with E-state index >= 15 is 0 Å². The predicted octanol–water partition coefficient (Wildman–Crippen LogP) is 0.889. The highest BCUT2D eigenvalue weighted by Gasteiger charge is 2.26. The largest absolute Gasteiger partial charge is 0.375 e. The van der Waals surface area contributed by atoms with Crippen molar-refractivity contribution >= 4 is 10.0 Å². The first-order valence-electron chi connectivity index (χ1n) is 5.66.